The maximum Gasteiger partial charge on any atom is 0.328 e. The molecule has 0 amide bonds. The van der Waals surface area contributed by atoms with Crippen LogP contribution in [0.4, 0.5) is 8.78 Å². The summed E-state index contributed by atoms with van der Waals surface area (Å²) in [5, 5.41) is 12.2. The lowest BCUT2D eigenvalue weighted by Crippen LogP contribution is -2.47. The first-order valence-electron chi connectivity index (χ1n) is 5.87. The molecule has 0 spiro atoms. The lowest BCUT2D eigenvalue weighted by molar-refractivity contribution is -0.144. The van der Waals surface area contributed by atoms with Crippen LogP contribution in [0.3, 0.4) is 0 Å². The first kappa shape index (κ1) is 13.0. The first-order valence-corrected chi connectivity index (χ1v) is 5.87. The van der Waals surface area contributed by atoms with Crippen molar-refractivity contribution in [3.05, 3.63) is 35.4 Å². The number of nitrogens with one attached hydrogen (secondary N) is 1. The molecule has 2 rings (SSSR count). The maximum atomic E-state index is 13.2. The standard InChI is InChI=1S/C13H15F2NO2/c1-13(12(17)18,16-7-8-2-3-8)9-4-5-10(14)11(15)6-9/h4-6,8,16H,2-3,7H2,1H3,(H,17,18). The summed E-state index contributed by atoms with van der Waals surface area (Å²) in [7, 11) is 0. The molecule has 1 aromatic carbocycles. The minimum absolute atomic E-state index is 0.217. The minimum atomic E-state index is -1.39. The molecule has 3 nitrogen and oxygen atoms in total. The van der Waals surface area contributed by atoms with Gasteiger partial charge in [-0.05, 0) is 49.9 Å². The predicted octanol–water partition coefficient (Wildman–Crippen LogP) is 2.26. The highest BCUT2D eigenvalue weighted by Crippen LogP contribution is 2.30. The quantitative estimate of drug-likeness (QED) is 0.848. The van der Waals surface area contributed by atoms with E-state index in [2.05, 4.69) is 5.32 Å². The number of hydrogen-bond donors (Lipinski definition) is 2. The van der Waals surface area contributed by atoms with Crippen LogP contribution >= 0.6 is 0 Å². The normalized spacial score (nSPS) is 18.4. The molecule has 0 saturated heterocycles. The Morgan fingerprint density at radius 3 is 2.61 bits per heavy atom. The van der Waals surface area contributed by atoms with E-state index in [1.165, 1.54) is 13.0 Å². The monoisotopic (exact) mass is 255 g/mol. The molecule has 1 saturated carbocycles. The Morgan fingerprint density at radius 2 is 2.11 bits per heavy atom. The van der Waals surface area contributed by atoms with E-state index in [1.807, 2.05) is 0 Å². The van der Waals surface area contributed by atoms with Crippen LogP contribution in [-0.4, -0.2) is 17.6 Å². The van der Waals surface area contributed by atoms with Gasteiger partial charge in [0.1, 0.15) is 5.54 Å². The van der Waals surface area contributed by atoms with Crippen molar-refractivity contribution in [3.8, 4) is 0 Å². The molecule has 0 heterocycles. The van der Waals surface area contributed by atoms with E-state index >= 15 is 0 Å². The zero-order valence-electron chi connectivity index (χ0n) is 10.0. The zero-order chi connectivity index (χ0) is 13.3. The van der Waals surface area contributed by atoms with Gasteiger partial charge in [0.15, 0.2) is 11.6 Å². The van der Waals surface area contributed by atoms with E-state index in [1.54, 1.807) is 0 Å². The highest BCUT2D eigenvalue weighted by Gasteiger charge is 2.37. The number of carbonyl (C=O) groups is 1. The Morgan fingerprint density at radius 1 is 1.44 bits per heavy atom. The van der Waals surface area contributed by atoms with Crippen LogP contribution < -0.4 is 5.32 Å². The molecule has 18 heavy (non-hydrogen) atoms. The number of hydrogen-bond acceptors (Lipinski definition) is 2. The highest BCUT2D eigenvalue weighted by molar-refractivity contribution is 5.80. The molecule has 1 fully saturated rings. The lowest BCUT2D eigenvalue weighted by atomic mass is 9.91. The lowest BCUT2D eigenvalue weighted by Gasteiger charge is -2.27. The summed E-state index contributed by atoms with van der Waals surface area (Å²) in [5.41, 5.74) is -1.17. The van der Waals surface area contributed by atoms with Gasteiger partial charge in [-0.3, -0.25) is 5.32 Å². The van der Waals surface area contributed by atoms with Crippen molar-refractivity contribution in [3.63, 3.8) is 0 Å². The maximum absolute atomic E-state index is 13.2. The van der Waals surface area contributed by atoms with Crippen molar-refractivity contribution in [2.24, 2.45) is 5.92 Å². The largest absolute Gasteiger partial charge is 0.480 e. The van der Waals surface area contributed by atoms with Crippen LogP contribution in [-0.2, 0) is 10.3 Å². The Hall–Kier alpha value is -1.49. The number of aliphatic carboxylic acids is 1. The van der Waals surface area contributed by atoms with Gasteiger partial charge in [-0.1, -0.05) is 6.07 Å². The molecule has 1 atom stereocenters. The number of carboxylic acids is 1. The average molecular weight is 255 g/mol. The van der Waals surface area contributed by atoms with Crippen molar-refractivity contribution in [2.75, 3.05) is 6.54 Å². The van der Waals surface area contributed by atoms with Crippen LogP contribution in [0.25, 0.3) is 0 Å². The summed E-state index contributed by atoms with van der Waals surface area (Å²) < 4.78 is 26.1. The third kappa shape index (κ3) is 2.51. The molecule has 0 aliphatic heterocycles. The van der Waals surface area contributed by atoms with E-state index in [9.17, 15) is 18.7 Å². The van der Waals surface area contributed by atoms with Gasteiger partial charge in [-0.15, -0.1) is 0 Å². The van der Waals surface area contributed by atoms with Crippen LogP contribution in [0.1, 0.15) is 25.3 Å². The summed E-state index contributed by atoms with van der Waals surface area (Å²) in [6.45, 7) is 2.03. The molecule has 2 N–H and O–H groups in total. The fourth-order valence-corrected chi connectivity index (χ4v) is 1.78. The van der Waals surface area contributed by atoms with Crippen molar-refractivity contribution < 1.29 is 18.7 Å². The number of rotatable bonds is 5. The summed E-state index contributed by atoms with van der Waals surface area (Å²) in [5.74, 6) is -2.62. The third-order valence-corrected chi connectivity index (χ3v) is 3.37. The third-order valence-electron chi connectivity index (χ3n) is 3.37. The summed E-state index contributed by atoms with van der Waals surface area (Å²) >= 11 is 0. The molecule has 1 aliphatic carbocycles. The SMILES string of the molecule is CC(NCC1CC1)(C(=O)O)c1ccc(F)c(F)c1. The molecular weight excluding hydrogens is 240 g/mol. The van der Waals surface area contributed by atoms with Gasteiger partial charge in [-0.2, -0.15) is 0 Å². The summed E-state index contributed by atoms with van der Waals surface area (Å²) in [6.07, 6.45) is 2.17. The van der Waals surface area contributed by atoms with Crippen molar-refractivity contribution in [1.82, 2.24) is 5.32 Å². The second-order valence-electron chi connectivity index (χ2n) is 4.88. The molecule has 1 aromatic rings. The molecule has 1 aliphatic rings. The first-order chi connectivity index (χ1) is 8.43. The van der Waals surface area contributed by atoms with E-state index in [0.717, 1.165) is 25.0 Å². The van der Waals surface area contributed by atoms with Crippen molar-refractivity contribution >= 4 is 5.97 Å². The van der Waals surface area contributed by atoms with Crippen LogP contribution in [0.5, 0.6) is 0 Å². The van der Waals surface area contributed by atoms with Crippen molar-refractivity contribution in [2.45, 2.75) is 25.3 Å². The molecule has 1 unspecified atom stereocenters. The van der Waals surface area contributed by atoms with Gasteiger partial charge in [0.05, 0.1) is 0 Å². The fraction of sp³-hybridized carbons (Fsp3) is 0.462. The second kappa shape index (κ2) is 4.65. The van der Waals surface area contributed by atoms with E-state index in [-0.39, 0.29) is 5.56 Å². The zero-order valence-corrected chi connectivity index (χ0v) is 10.0. The second-order valence-corrected chi connectivity index (χ2v) is 4.88. The average Bonchev–Trinajstić information content (AvgIpc) is 3.13. The predicted molar refractivity (Wildman–Crippen MR) is 62.1 cm³/mol. The van der Waals surface area contributed by atoms with E-state index < -0.39 is 23.1 Å². The van der Waals surface area contributed by atoms with E-state index in [4.69, 9.17) is 0 Å². The Balaban J connectivity index is 2.26. The van der Waals surface area contributed by atoms with Crippen LogP contribution in [0, 0.1) is 17.6 Å². The van der Waals surface area contributed by atoms with E-state index in [0.29, 0.717) is 12.5 Å². The highest BCUT2D eigenvalue weighted by atomic mass is 19.2. The molecule has 0 bridgehead atoms. The fourth-order valence-electron chi connectivity index (χ4n) is 1.78. The van der Waals surface area contributed by atoms with Crippen LogP contribution in [0.15, 0.2) is 18.2 Å². The van der Waals surface area contributed by atoms with Crippen LogP contribution in [0.2, 0.25) is 0 Å². The Labute approximate surface area is 104 Å². The van der Waals surface area contributed by atoms with Gasteiger partial charge in [0.2, 0.25) is 0 Å². The minimum Gasteiger partial charge on any atom is -0.480 e. The number of carboxylic acid groups (broad SMARTS) is 1. The van der Waals surface area contributed by atoms with Gasteiger partial charge >= 0.3 is 5.97 Å². The Bertz CT molecular complexity index is 474. The molecular formula is C13H15F2NO2. The number of halogens is 2. The number of benzene rings is 1. The van der Waals surface area contributed by atoms with Gasteiger partial charge in [0.25, 0.3) is 0 Å². The molecule has 0 aromatic heterocycles. The summed E-state index contributed by atoms with van der Waals surface area (Å²) in [6, 6.07) is 3.18. The molecule has 98 valence electrons. The summed E-state index contributed by atoms with van der Waals surface area (Å²) in [4.78, 5) is 11.4. The molecule has 0 radical (unpaired) electrons. The Kier molecular flexibility index (Phi) is 3.34. The van der Waals surface area contributed by atoms with Gasteiger partial charge in [-0.25, -0.2) is 13.6 Å². The van der Waals surface area contributed by atoms with Gasteiger partial charge < -0.3 is 5.11 Å². The topological polar surface area (TPSA) is 49.3 Å². The molecule has 5 heteroatoms. The van der Waals surface area contributed by atoms with Gasteiger partial charge in [0, 0.05) is 0 Å². The van der Waals surface area contributed by atoms with Crippen molar-refractivity contribution in [1.29, 1.82) is 0 Å². The smallest absolute Gasteiger partial charge is 0.328 e.